The Balaban J connectivity index is 1.56. The summed E-state index contributed by atoms with van der Waals surface area (Å²) >= 11 is 0. The van der Waals surface area contributed by atoms with E-state index in [9.17, 15) is 0 Å². The van der Waals surface area contributed by atoms with Crippen LogP contribution in [0, 0.1) is 5.41 Å². The molecule has 2 heterocycles. The predicted octanol–water partition coefficient (Wildman–Crippen LogP) is 2.08. The first kappa shape index (κ1) is 19.0. The van der Waals surface area contributed by atoms with Crippen molar-refractivity contribution in [1.82, 2.24) is 20.5 Å². The Morgan fingerprint density at radius 1 is 1.23 bits per heavy atom. The van der Waals surface area contributed by atoms with Gasteiger partial charge in [-0.25, -0.2) is 4.98 Å². The third kappa shape index (κ3) is 4.47. The molecule has 0 radical (unpaired) electrons. The Bertz CT molecular complexity index is 597. The molecule has 26 heavy (non-hydrogen) atoms. The maximum atomic E-state index is 4.66. The van der Waals surface area contributed by atoms with E-state index >= 15 is 0 Å². The van der Waals surface area contributed by atoms with Crippen LogP contribution in [-0.4, -0.2) is 62.7 Å². The zero-order valence-corrected chi connectivity index (χ0v) is 16.6. The van der Waals surface area contributed by atoms with Crippen LogP contribution in [0.1, 0.15) is 38.2 Å². The minimum absolute atomic E-state index is 0.483. The number of aliphatic imine (C=N–C) groups is 1. The Morgan fingerprint density at radius 3 is 2.62 bits per heavy atom. The van der Waals surface area contributed by atoms with Crippen LogP contribution in [0.5, 0.6) is 0 Å². The molecule has 2 fully saturated rings. The molecule has 2 N–H and O–H groups in total. The second kappa shape index (κ2) is 8.71. The van der Waals surface area contributed by atoms with E-state index in [1.165, 1.54) is 31.2 Å². The maximum Gasteiger partial charge on any atom is 0.191 e. The molecular weight excluding hydrogens is 324 g/mol. The molecule has 1 saturated carbocycles. The van der Waals surface area contributed by atoms with Crippen LogP contribution in [0.4, 0.5) is 5.82 Å². The van der Waals surface area contributed by atoms with E-state index in [-0.39, 0.29) is 0 Å². The number of aromatic nitrogens is 1. The highest BCUT2D eigenvalue weighted by Gasteiger charge is 2.34. The summed E-state index contributed by atoms with van der Waals surface area (Å²) in [6.45, 7) is 8.31. The van der Waals surface area contributed by atoms with Gasteiger partial charge in [-0.2, -0.15) is 0 Å². The first-order chi connectivity index (χ1) is 12.7. The van der Waals surface area contributed by atoms with Crippen LogP contribution < -0.4 is 15.5 Å². The molecule has 0 atom stereocenters. The lowest BCUT2D eigenvalue weighted by atomic mass is 9.67. The van der Waals surface area contributed by atoms with Gasteiger partial charge in [0, 0.05) is 58.1 Å². The Morgan fingerprint density at radius 2 is 2.00 bits per heavy atom. The highest BCUT2D eigenvalue weighted by Crippen LogP contribution is 2.42. The number of rotatable bonds is 6. The average molecular weight is 359 g/mol. The fraction of sp³-hybridized carbons (Fsp3) is 0.700. The van der Waals surface area contributed by atoms with Gasteiger partial charge in [0.1, 0.15) is 5.82 Å². The summed E-state index contributed by atoms with van der Waals surface area (Å²) in [5.74, 6) is 1.99. The fourth-order valence-corrected chi connectivity index (χ4v) is 3.87. The molecule has 6 heteroatoms. The van der Waals surface area contributed by atoms with Crippen molar-refractivity contribution in [1.29, 1.82) is 0 Å². The summed E-state index contributed by atoms with van der Waals surface area (Å²) in [7, 11) is 4.03. The third-order valence-electron chi connectivity index (χ3n) is 6.14. The van der Waals surface area contributed by atoms with Crippen molar-refractivity contribution < 1.29 is 0 Å². The number of pyridine rings is 1. The van der Waals surface area contributed by atoms with Gasteiger partial charge in [-0.1, -0.05) is 19.4 Å². The van der Waals surface area contributed by atoms with E-state index < -0.39 is 0 Å². The van der Waals surface area contributed by atoms with Crippen molar-refractivity contribution in [2.45, 2.75) is 39.2 Å². The van der Waals surface area contributed by atoms with Gasteiger partial charge in [-0.05, 0) is 37.8 Å². The van der Waals surface area contributed by atoms with Crippen LogP contribution in [0.25, 0.3) is 0 Å². The molecule has 0 amide bonds. The molecule has 0 aromatic carbocycles. The van der Waals surface area contributed by atoms with Crippen molar-refractivity contribution in [2.75, 3.05) is 51.7 Å². The fourth-order valence-electron chi connectivity index (χ4n) is 3.87. The second-order valence-electron chi connectivity index (χ2n) is 7.76. The van der Waals surface area contributed by atoms with Crippen LogP contribution in [0.3, 0.4) is 0 Å². The summed E-state index contributed by atoms with van der Waals surface area (Å²) < 4.78 is 0. The molecule has 1 aromatic rings. The molecule has 0 spiro atoms. The predicted molar refractivity (Wildman–Crippen MR) is 109 cm³/mol. The van der Waals surface area contributed by atoms with Gasteiger partial charge in [0.15, 0.2) is 5.96 Å². The average Bonchev–Trinajstić information content (AvgIpc) is 2.64. The van der Waals surface area contributed by atoms with E-state index in [1.807, 2.05) is 19.3 Å². The van der Waals surface area contributed by atoms with E-state index in [4.69, 9.17) is 0 Å². The molecule has 144 valence electrons. The SMILES string of the molecule is CCC1(CNC(=NC)NCc2cccnc2N2CCN(C)CC2)CCC1. The van der Waals surface area contributed by atoms with Gasteiger partial charge in [0.25, 0.3) is 0 Å². The van der Waals surface area contributed by atoms with Crippen LogP contribution in [0.15, 0.2) is 23.3 Å². The minimum atomic E-state index is 0.483. The summed E-state index contributed by atoms with van der Waals surface area (Å²) in [6, 6.07) is 4.19. The number of hydrogen-bond acceptors (Lipinski definition) is 4. The van der Waals surface area contributed by atoms with E-state index in [2.05, 4.69) is 50.4 Å². The Kier molecular flexibility index (Phi) is 6.35. The van der Waals surface area contributed by atoms with Gasteiger partial charge in [-0.3, -0.25) is 4.99 Å². The number of likely N-dealkylation sites (N-methyl/N-ethyl adjacent to an activating group) is 1. The molecule has 0 bridgehead atoms. The van der Waals surface area contributed by atoms with E-state index in [0.29, 0.717) is 5.41 Å². The van der Waals surface area contributed by atoms with Gasteiger partial charge in [0.2, 0.25) is 0 Å². The molecule has 1 aliphatic heterocycles. The van der Waals surface area contributed by atoms with Gasteiger partial charge >= 0.3 is 0 Å². The van der Waals surface area contributed by atoms with E-state index in [1.54, 1.807) is 0 Å². The van der Waals surface area contributed by atoms with E-state index in [0.717, 1.165) is 51.0 Å². The molecule has 3 rings (SSSR count). The molecule has 2 aliphatic rings. The smallest absolute Gasteiger partial charge is 0.191 e. The van der Waals surface area contributed by atoms with Gasteiger partial charge in [0.05, 0.1) is 0 Å². The van der Waals surface area contributed by atoms with Gasteiger partial charge in [-0.15, -0.1) is 0 Å². The molecule has 0 unspecified atom stereocenters. The minimum Gasteiger partial charge on any atom is -0.356 e. The molecular formula is C20H34N6. The molecule has 1 aliphatic carbocycles. The van der Waals surface area contributed by atoms with Crippen molar-refractivity contribution in [3.63, 3.8) is 0 Å². The highest BCUT2D eigenvalue weighted by molar-refractivity contribution is 5.79. The normalized spacial score (nSPS) is 20.6. The van der Waals surface area contributed by atoms with Crippen molar-refractivity contribution >= 4 is 11.8 Å². The maximum absolute atomic E-state index is 4.66. The largest absolute Gasteiger partial charge is 0.356 e. The number of hydrogen-bond donors (Lipinski definition) is 2. The van der Waals surface area contributed by atoms with Crippen molar-refractivity contribution in [3.05, 3.63) is 23.9 Å². The zero-order chi connectivity index (χ0) is 18.4. The summed E-state index contributed by atoms with van der Waals surface area (Å²) in [5, 5.41) is 7.02. The Labute approximate surface area is 158 Å². The van der Waals surface area contributed by atoms with Crippen molar-refractivity contribution in [3.8, 4) is 0 Å². The quantitative estimate of drug-likeness (QED) is 0.602. The lowest BCUT2D eigenvalue weighted by Crippen LogP contribution is -2.46. The number of anilines is 1. The van der Waals surface area contributed by atoms with Crippen LogP contribution in [-0.2, 0) is 6.54 Å². The standard InChI is InChI=1S/C20H34N6/c1-4-20(8-6-9-20)16-24-19(21-2)23-15-17-7-5-10-22-18(17)26-13-11-25(3)12-14-26/h5,7,10H,4,6,8-9,11-16H2,1-3H3,(H2,21,23,24). The topological polar surface area (TPSA) is 55.8 Å². The first-order valence-corrected chi connectivity index (χ1v) is 9.98. The molecule has 1 saturated heterocycles. The number of piperazine rings is 1. The van der Waals surface area contributed by atoms with Crippen molar-refractivity contribution in [2.24, 2.45) is 10.4 Å². The first-order valence-electron chi connectivity index (χ1n) is 9.98. The lowest BCUT2D eigenvalue weighted by Gasteiger charge is -2.41. The summed E-state index contributed by atoms with van der Waals surface area (Å²) in [4.78, 5) is 13.8. The Hall–Kier alpha value is -1.82. The summed E-state index contributed by atoms with van der Waals surface area (Å²) in [6.07, 6.45) is 7.18. The second-order valence-corrected chi connectivity index (χ2v) is 7.76. The highest BCUT2D eigenvalue weighted by atomic mass is 15.3. The summed E-state index contributed by atoms with van der Waals surface area (Å²) in [5.41, 5.74) is 1.71. The monoisotopic (exact) mass is 358 g/mol. The van der Waals surface area contributed by atoms with Gasteiger partial charge < -0.3 is 20.4 Å². The molecule has 1 aromatic heterocycles. The number of nitrogens with zero attached hydrogens (tertiary/aromatic N) is 4. The number of guanidine groups is 1. The van der Waals surface area contributed by atoms with Crippen LogP contribution >= 0.6 is 0 Å². The molecule has 6 nitrogen and oxygen atoms in total. The zero-order valence-electron chi connectivity index (χ0n) is 16.6. The lowest BCUT2D eigenvalue weighted by molar-refractivity contribution is 0.131. The third-order valence-corrected chi connectivity index (χ3v) is 6.14. The number of nitrogens with one attached hydrogen (secondary N) is 2. The van der Waals surface area contributed by atoms with Crippen LogP contribution in [0.2, 0.25) is 0 Å².